The lowest BCUT2D eigenvalue weighted by Gasteiger charge is -2.18. The summed E-state index contributed by atoms with van der Waals surface area (Å²) in [6, 6.07) is 22.3. The Morgan fingerprint density at radius 3 is 2.42 bits per heavy atom. The number of aliphatic carboxylic acids is 1. The summed E-state index contributed by atoms with van der Waals surface area (Å²) in [7, 11) is 0. The molecule has 0 saturated heterocycles. The van der Waals surface area contributed by atoms with E-state index in [1.807, 2.05) is 42.5 Å². The highest BCUT2D eigenvalue weighted by Crippen LogP contribution is 2.32. The standard InChI is InChI=1S/C22H20O2/c1-2-8-20(22(23)24)19-14-13-17-11-6-7-12-18(17)21(19)15-16-9-4-3-5-10-16/h2-7,9-14,20H,1,8,15H2,(H,23,24). The number of benzene rings is 3. The number of rotatable bonds is 6. The second kappa shape index (κ2) is 7.14. The van der Waals surface area contributed by atoms with Crippen LogP contribution in [0.15, 0.2) is 79.4 Å². The normalized spacial score (nSPS) is 12.0. The highest BCUT2D eigenvalue weighted by atomic mass is 16.4. The fraction of sp³-hybridized carbons (Fsp3) is 0.136. The van der Waals surface area contributed by atoms with E-state index in [9.17, 15) is 9.90 Å². The summed E-state index contributed by atoms with van der Waals surface area (Å²) in [6.45, 7) is 3.72. The van der Waals surface area contributed by atoms with Gasteiger partial charge in [0.2, 0.25) is 0 Å². The zero-order valence-corrected chi connectivity index (χ0v) is 13.5. The summed E-state index contributed by atoms with van der Waals surface area (Å²) in [5.41, 5.74) is 3.15. The van der Waals surface area contributed by atoms with E-state index in [-0.39, 0.29) is 0 Å². The molecule has 0 radical (unpaired) electrons. The van der Waals surface area contributed by atoms with Gasteiger partial charge in [0.1, 0.15) is 0 Å². The van der Waals surface area contributed by atoms with Gasteiger partial charge in [-0.3, -0.25) is 4.79 Å². The summed E-state index contributed by atoms with van der Waals surface area (Å²) < 4.78 is 0. The highest BCUT2D eigenvalue weighted by molar-refractivity contribution is 5.89. The topological polar surface area (TPSA) is 37.3 Å². The molecule has 24 heavy (non-hydrogen) atoms. The first-order valence-electron chi connectivity index (χ1n) is 8.09. The molecule has 1 N–H and O–H groups in total. The molecule has 0 saturated carbocycles. The molecule has 3 aromatic carbocycles. The van der Waals surface area contributed by atoms with Crippen LogP contribution in [0.5, 0.6) is 0 Å². The largest absolute Gasteiger partial charge is 0.481 e. The maximum atomic E-state index is 11.8. The maximum Gasteiger partial charge on any atom is 0.311 e. The summed E-state index contributed by atoms with van der Waals surface area (Å²) in [6.07, 6.45) is 2.83. The molecular formula is C22H20O2. The average Bonchev–Trinajstić information content (AvgIpc) is 2.61. The summed E-state index contributed by atoms with van der Waals surface area (Å²) in [4.78, 5) is 11.8. The first-order valence-corrected chi connectivity index (χ1v) is 8.09. The molecule has 0 aliphatic carbocycles. The first-order chi connectivity index (χ1) is 11.7. The summed E-state index contributed by atoms with van der Waals surface area (Å²) in [5, 5.41) is 11.9. The van der Waals surface area contributed by atoms with Crippen molar-refractivity contribution >= 4 is 16.7 Å². The number of carboxylic acids is 1. The molecule has 0 amide bonds. The molecule has 1 atom stereocenters. The van der Waals surface area contributed by atoms with E-state index in [0.717, 1.165) is 28.3 Å². The lowest BCUT2D eigenvalue weighted by molar-refractivity contribution is -0.138. The quantitative estimate of drug-likeness (QED) is 0.637. The highest BCUT2D eigenvalue weighted by Gasteiger charge is 2.22. The Bertz CT molecular complexity index is 866. The number of fused-ring (bicyclic) bond motifs is 1. The van der Waals surface area contributed by atoms with Gasteiger partial charge in [-0.05, 0) is 40.3 Å². The van der Waals surface area contributed by atoms with Crippen molar-refractivity contribution in [1.82, 2.24) is 0 Å². The minimum atomic E-state index is -0.806. The van der Waals surface area contributed by atoms with Crippen molar-refractivity contribution in [3.8, 4) is 0 Å². The molecule has 0 aliphatic rings. The Morgan fingerprint density at radius 2 is 1.71 bits per heavy atom. The first kappa shape index (κ1) is 16.0. The Balaban J connectivity index is 2.19. The molecule has 120 valence electrons. The minimum absolute atomic E-state index is 0.426. The van der Waals surface area contributed by atoms with Gasteiger partial charge in [0.05, 0.1) is 5.92 Å². The molecule has 2 nitrogen and oxygen atoms in total. The summed E-state index contributed by atoms with van der Waals surface area (Å²) in [5.74, 6) is -1.37. The fourth-order valence-corrected chi connectivity index (χ4v) is 3.20. The van der Waals surface area contributed by atoms with Crippen molar-refractivity contribution in [2.45, 2.75) is 18.8 Å². The third-order valence-corrected chi connectivity index (χ3v) is 4.38. The van der Waals surface area contributed by atoms with Crippen LogP contribution in [0.4, 0.5) is 0 Å². The molecule has 0 bridgehead atoms. The third-order valence-electron chi connectivity index (χ3n) is 4.38. The van der Waals surface area contributed by atoms with Crippen LogP contribution in [0.1, 0.15) is 29.0 Å². The van der Waals surface area contributed by atoms with E-state index in [1.54, 1.807) is 6.08 Å². The van der Waals surface area contributed by atoms with Crippen LogP contribution >= 0.6 is 0 Å². The SMILES string of the molecule is C=CCC(C(=O)O)c1ccc2ccccc2c1Cc1ccccc1. The van der Waals surface area contributed by atoms with Gasteiger partial charge in [-0.1, -0.05) is 72.8 Å². The predicted molar refractivity (Wildman–Crippen MR) is 98.4 cm³/mol. The van der Waals surface area contributed by atoms with E-state index in [0.29, 0.717) is 6.42 Å². The van der Waals surface area contributed by atoms with E-state index < -0.39 is 11.9 Å². The van der Waals surface area contributed by atoms with Gasteiger partial charge in [-0.25, -0.2) is 0 Å². The molecular weight excluding hydrogens is 296 g/mol. The van der Waals surface area contributed by atoms with E-state index in [1.165, 1.54) is 5.56 Å². The molecule has 3 rings (SSSR count). The monoisotopic (exact) mass is 316 g/mol. The number of allylic oxidation sites excluding steroid dienone is 1. The Morgan fingerprint density at radius 1 is 1.00 bits per heavy atom. The second-order valence-corrected chi connectivity index (χ2v) is 5.93. The van der Waals surface area contributed by atoms with Crippen molar-refractivity contribution in [2.24, 2.45) is 0 Å². The number of hydrogen-bond acceptors (Lipinski definition) is 1. The predicted octanol–water partition coefficient (Wildman–Crippen LogP) is 5.17. The lowest BCUT2D eigenvalue weighted by Crippen LogP contribution is -2.13. The second-order valence-electron chi connectivity index (χ2n) is 5.93. The average molecular weight is 316 g/mol. The fourth-order valence-electron chi connectivity index (χ4n) is 3.20. The Kier molecular flexibility index (Phi) is 4.76. The number of carboxylic acid groups (broad SMARTS) is 1. The zero-order chi connectivity index (χ0) is 16.9. The van der Waals surface area contributed by atoms with Crippen molar-refractivity contribution < 1.29 is 9.90 Å². The Labute approximate surface area is 142 Å². The lowest BCUT2D eigenvalue weighted by atomic mass is 9.86. The van der Waals surface area contributed by atoms with E-state index in [2.05, 4.69) is 30.8 Å². The Hall–Kier alpha value is -2.87. The van der Waals surface area contributed by atoms with Crippen molar-refractivity contribution in [3.63, 3.8) is 0 Å². The molecule has 0 aliphatic heterocycles. The van der Waals surface area contributed by atoms with Gasteiger partial charge in [-0.15, -0.1) is 6.58 Å². The van der Waals surface area contributed by atoms with Crippen LogP contribution in [-0.4, -0.2) is 11.1 Å². The van der Waals surface area contributed by atoms with Gasteiger partial charge >= 0.3 is 5.97 Å². The third kappa shape index (κ3) is 3.23. The van der Waals surface area contributed by atoms with Crippen LogP contribution in [0.25, 0.3) is 10.8 Å². The van der Waals surface area contributed by atoms with Gasteiger partial charge in [0, 0.05) is 0 Å². The van der Waals surface area contributed by atoms with Crippen LogP contribution < -0.4 is 0 Å². The molecule has 0 spiro atoms. The van der Waals surface area contributed by atoms with Gasteiger partial charge in [0.25, 0.3) is 0 Å². The molecule has 3 aromatic rings. The molecule has 0 heterocycles. The van der Waals surface area contributed by atoms with Gasteiger partial charge in [0.15, 0.2) is 0 Å². The van der Waals surface area contributed by atoms with Gasteiger partial charge in [-0.2, -0.15) is 0 Å². The van der Waals surface area contributed by atoms with Crippen molar-refractivity contribution in [2.75, 3.05) is 0 Å². The van der Waals surface area contributed by atoms with Crippen LogP contribution in [0.3, 0.4) is 0 Å². The van der Waals surface area contributed by atoms with Gasteiger partial charge < -0.3 is 5.11 Å². The molecule has 0 aromatic heterocycles. The molecule has 2 heteroatoms. The van der Waals surface area contributed by atoms with Crippen LogP contribution in [0.2, 0.25) is 0 Å². The zero-order valence-electron chi connectivity index (χ0n) is 13.5. The smallest absolute Gasteiger partial charge is 0.311 e. The van der Waals surface area contributed by atoms with Crippen LogP contribution in [-0.2, 0) is 11.2 Å². The summed E-state index contributed by atoms with van der Waals surface area (Å²) >= 11 is 0. The van der Waals surface area contributed by atoms with Crippen LogP contribution in [0, 0.1) is 0 Å². The molecule has 0 fully saturated rings. The number of hydrogen-bond donors (Lipinski definition) is 1. The maximum absolute atomic E-state index is 11.8. The molecule has 1 unspecified atom stereocenters. The van der Waals surface area contributed by atoms with Crippen molar-refractivity contribution in [1.29, 1.82) is 0 Å². The van der Waals surface area contributed by atoms with E-state index in [4.69, 9.17) is 0 Å². The van der Waals surface area contributed by atoms with Crippen molar-refractivity contribution in [3.05, 3.63) is 96.1 Å². The number of carbonyl (C=O) groups is 1. The van der Waals surface area contributed by atoms with E-state index >= 15 is 0 Å². The minimum Gasteiger partial charge on any atom is -0.481 e.